The molecule has 2 aliphatic rings. The molecule has 19 heavy (non-hydrogen) atoms. The summed E-state index contributed by atoms with van der Waals surface area (Å²) in [5.74, 6) is 0.154. The van der Waals surface area contributed by atoms with Crippen LogP contribution in [0.3, 0.4) is 0 Å². The van der Waals surface area contributed by atoms with Crippen LogP contribution in [0.5, 0.6) is 0 Å². The molecule has 4 nitrogen and oxygen atoms in total. The second-order valence-electron chi connectivity index (χ2n) is 5.89. The molecular weight excluding hydrogens is 240 g/mol. The van der Waals surface area contributed by atoms with E-state index in [0.717, 1.165) is 32.2 Å². The first-order chi connectivity index (χ1) is 9.28. The molecule has 4 heteroatoms. The Hall–Kier alpha value is -0.610. The van der Waals surface area contributed by atoms with E-state index in [1.807, 2.05) is 0 Å². The largest absolute Gasteiger partial charge is 0.378 e. The van der Waals surface area contributed by atoms with Gasteiger partial charge < -0.3 is 15.4 Å². The van der Waals surface area contributed by atoms with Gasteiger partial charge in [-0.2, -0.15) is 0 Å². The quantitative estimate of drug-likeness (QED) is 0.708. The summed E-state index contributed by atoms with van der Waals surface area (Å²) in [7, 11) is 0. The molecule has 0 aromatic carbocycles. The van der Waals surface area contributed by atoms with Crippen molar-refractivity contribution in [2.24, 2.45) is 0 Å². The molecule has 0 heterocycles. The molecule has 0 spiro atoms. The van der Waals surface area contributed by atoms with Crippen molar-refractivity contribution in [1.29, 1.82) is 0 Å². The standard InChI is InChI=1S/C15H28N2O2/c1-2-10-16-12-5-7-14(8-6-12)19-11-9-15(18)17-13-3-4-13/h12-14,16H,2-11H2,1H3,(H,17,18). The Balaban J connectivity index is 1.49. The van der Waals surface area contributed by atoms with Crippen molar-refractivity contribution in [1.82, 2.24) is 10.6 Å². The number of rotatable bonds is 8. The fourth-order valence-corrected chi connectivity index (χ4v) is 2.63. The summed E-state index contributed by atoms with van der Waals surface area (Å²) < 4.78 is 5.82. The number of ether oxygens (including phenoxy) is 1. The van der Waals surface area contributed by atoms with Gasteiger partial charge in [-0.1, -0.05) is 6.92 Å². The van der Waals surface area contributed by atoms with Crippen LogP contribution in [0.25, 0.3) is 0 Å². The molecule has 0 atom stereocenters. The number of hydrogen-bond donors (Lipinski definition) is 2. The fourth-order valence-electron chi connectivity index (χ4n) is 2.63. The molecule has 2 aliphatic carbocycles. The Morgan fingerprint density at radius 1 is 1.11 bits per heavy atom. The van der Waals surface area contributed by atoms with Crippen molar-refractivity contribution in [2.75, 3.05) is 13.2 Å². The minimum Gasteiger partial charge on any atom is -0.378 e. The van der Waals surface area contributed by atoms with E-state index in [9.17, 15) is 4.79 Å². The summed E-state index contributed by atoms with van der Waals surface area (Å²) >= 11 is 0. The van der Waals surface area contributed by atoms with E-state index >= 15 is 0 Å². The van der Waals surface area contributed by atoms with Gasteiger partial charge in [-0.3, -0.25) is 4.79 Å². The molecule has 2 N–H and O–H groups in total. The summed E-state index contributed by atoms with van der Waals surface area (Å²) in [6.45, 7) is 3.90. The second-order valence-corrected chi connectivity index (χ2v) is 5.89. The summed E-state index contributed by atoms with van der Waals surface area (Å²) in [6.07, 6.45) is 9.07. The van der Waals surface area contributed by atoms with Crippen LogP contribution in [0, 0.1) is 0 Å². The summed E-state index contributed by atoms with van der Waals surface area (Å²) in [5.41, 5.74) is 0. The van der Waals surface area contributed by atoms with Crippen LogP contribution in [0.4, 0.5) is 0 Å². The lowest BCUT2D eigenvalue weighted by Crippen LogP contribution is -2.36. The van der Waals surface area contributed by atoms with Gasteiger partial charge in [-0.15, -0.1) is 0 Å². The van der Waals surface area contributed by atoms with Gasteiger partial charge in [-0.05, 0) is 51.5 Å². The average molecular weight is 268 g/mol. The van der Waals surface area contributed by atoms with Crippen LogP contribution >= 0.6 is 0 Å². The van der Waals surface area contributed by atoms with E-state index in [2.05, 4.69) is 17.6 Å². The van der Waals surface area contributed by atoms with Crippen LogP contribution in [0.1, 0.15) is 58.3 Å². The summed E-state index contributed by atoms with van der Waals surface area (Å²) in [6, 6.07) is 1.14. The first-order valence-electron chi connectivity index (χ1n) is 7.92. The van der Waals surface area contributed by atoms with Crippen LogP contribution in [-0.2, 0) is 9.53 Å². The van der Waals surface area contributed by atoms with Gasteiger partial charge in [-0.25, -0.2) is 0 Å². The van der Waals surface area contributed by atoms with Crippen LogP contribution in [-0.4, -0.2) is 37.2 Å². The molecular formula is C15H28N2O2. The van der Waals surface area contributed by atoms with Gasteiger partial charge >= 0.3 is 0 Å². The van der Waals surface area contributed by atoms with Gasteiger partial charge in [0.05, 0.1) is 12.7 Å². The van der Waals surface area contributed by atoms with Crippen molar-refractivity contribution in [3.63, 3.8) is 0 Å². The molecule has 0 unspecified atom stereocenters. The summed E-state index contributed by atoms with van der Waals surface area (Å²) in [4.78, 5) is 11.5. The highest BCUT2D eigenvalue weighted by Gasteiger charge is 2.24. The highest BCUT2D eigenvalue weighted by Crippen LogP contribution is 2.21. The molecule has 0 aromatic heterocycles. The lowest BCUT2D eigenvalue weighted by atomic mass is 9.93. The van der Waals surface area contributed by atoms with Gasteiger partial charge in [0.25, 0.3) is 0 Å². The van der Waals surface area contributed by atoms with E-state index < -0.39 is 0 Å². The van der Waals surface area contributed by atoms with Gasteiger partial charge in [0.2, 0.25) is 5.91 Å². The maximum absolute atomic E-state index is 11.5. The third kappa shape index (κ3) is 5.91. The molecule has 1 amide bonds. The van der Waals surface area contributed by atoms with Crippen molar-refractivity contribution in [2.45, 2.75) is 76.5 Å². The van der Waals surface area contributed by atoms with E-state index in [1.165, 1.54) is 19.3 Å². The third-order valence-corrected chi connectivity index (χ3v) is 3.98. The zero-order chi connectivity index (χ0) is 13.5. The third-order valence-electron chi connectivity index (χ3n) is 3.98. The zero-order valence-corrected chi connectivity index (χ0v) is 12.1. The Morgan fingerprint density at radius 3 is 2.42 bits per heavy atom. The van der Waals surface area contributed by atoms with E-state index in [-0.39, 0.29) is 5.91 Å². The molecule has 2 saturated carbocycles. The number of nitrogens with one attached hydrogen (secondary N) is 2. The monoisotopic (exact) mass is 268 g/mol. The first-order valence-corrected chi connectivity index (χ1v) is 7.92. The van der Waals surface area contributed by atoms with E-state index in [0.29, 0.717) is 31.2 Å². The number of carbonyl (C=O) groups is 1. The first kappa shape index (κ1) is 14.8. The minimum absolute atomic E-state index is 0.154. The molecule has 2 fully saturated rings. The maximum atomic E-state index is 11.5. The van der Waals surface area contributed by atoms with Crippen LogP contribution in [0.2, 0.25) is 0 Å². The Bertz CT molecular complexity index is 271. The topological polar surface area (TPSA) is 50.4 Å². The number of carbonyl (C=O) groups excluding carboxylic acids is 1. The summed E-state index contributed by atoms with van der Waals surface area (Å²) in [5, 5.41) is 6.57. The Morgan fingerprint density at radius 2 is 1.79 bits per heavy atom. The van der Waals surface area contributed by atoms with Gasteiger partial charge in [0, 0.05) is 18.5 Å². The van der Waals surface area contributed by atoms with Crippen molar-refractivity contribution in [3.8, 4) is 0 Å². The normalized spacial score (nSPS) is 27.2. The van der Waals surface area contributed by atoms with Gasteiger partial charge in [0.1, 0.15) is 0 Å². The predicted molar refractivity (Wildman–Crippen MR) is 76.1 cm³/mol. The highest BCUT2D eigenvalue weighted by atomic mass is 16.5. The zero-order valence-electron chi connectivity index (χ0n) is 12.1. The average Bonchev–Trinajstić information content (AvgIpc) is 3.22. The molecule has 0 bridgehead atoms. The fraction of sp³-hybridized carbons (Fsp3) is 0.933. The molecule has 0 aliphatic heterocycles. The number of hydrogen-bond acceptors (Lipinski definition) is 3. The molecule has 0 radical (unpaired) electrons. The van der Waals surface area contributed by atoms with Gasteiger partial charge in [0.15, 0.2) is 0 Å². The number of amides is 1. The highest BCUT2D eigenvalue weighted by molar-refractivity contribution is 5.76. The minimum atomic E-state index is 0.154. The molecule has 2 rings (SSSR count). The van der Waals surface area contributed by atoms with E-state index in [4.69, 9.17) is 4.74 Å². The lowest BCUT2D eigenvalue weighted by Gasteiger charge is -2.29. The van der Waals surface area contributed by atoms with E-state index in [1.54, 1.807) is 0 Å². The van der Waals surface area contributed by atoms with Crippen LogP contribution < -0.4 is 10.6 Å². The smallest absolute Gasteiger partial charge is 0.222 e. The van der Waals surface area contributed by atoms with Crippen LogP contribution in [0.15, 0.2) is 0 Å². The SMILES string of the molecule is CCCNC1CCC(OCCC(=O)NC2CC2)CC1. The van der Waals surface area contributed by atoms with Crippen molar-refractivity contribution in [3.05, 3.63) is 0 Å². The van der Waals surface area contributed by atoms with Crippen molar-refractivity contribution >= 4 is 5.91 Å². The Labute approximate surface area is 116 Å². The maximum Gasteiger partial charge on any atom is 0.222 e. The Kier molecular flexibility index (Phi) is 6.11. The predicted octanol–water partition coefficient (Wildman–Crippen LogP) is 1.98. The molecule has 110 valence electrons. The lowest BCUT2D eigenvalue weighted by molar-refractivity contribution is -0.123. The molecule has 0 saturated heterocycles. The second kappa shape index (κ2) is 7.85. The molecule has 0 aromatic rings. The van der Waals surface area contributed by atoms with Crippen molar-refractivity contribution < 1.29 is 9.53 Å².